The summed E-state index contributed by atoms with van der Waals surface area (Å²) in [5.41, 5.74) is 0.521. The molecule has 1 heterocycles. The maximum absolute atomic E-state index is 11.2. The van der Waals surface area contributed by atoms with E-state index in [-0.39, 0.29) is 18.8 Å². The molecule has 1 aromatic rings. The molecule has 0 amide bonds. The monoisotopic (exact) mass is 286 g/mol. The number of nitrogens with two attached hydrogens (primary N) is 1. The van der Waals surface area contributed by atoms with Crippen LogP contribution in [0.15, 0.2) is 24.3 Å². The zero-order chi connectivity index (χ0) is 14.0. The van der Waals surface area contributed by atoms with Gasteiger partial charge in [-0.25, -0.2) is 5.14 Å². The quantitative estimate of drug-likeness (QED) is 0.617. The first-order valence-corrected chi connectivity index (χ1v) is 7.16. The van der Waals surface area contributed by atoms with Crippen molar-refractivity contribution in [3.05, 3.63) is 34.4 Å². The Bertz CT molecular complexity index is 581. The summed E-state index contributed by atoms with van der Waals surface area (Å²) in [4.78, 5) is 12.3. The number of hydrogen-bond acceptors (Lipinski definition) is 5. The summed E-state index contributed by atoms with van der Waals surface area (Å²) >= 11 is 0. The molecule has 9 heteroatoms. The Kier molecular flexibility index (Phi) is 3.69. The van der Waals surface area contributed by atoms with Crippen molar-refractivity contribution in [1.29, 1.82) is 0 Å². The molecule has 0 spiro atoms. The van der Waals surface area contributed by atoms with Gasteiger partial charge in [0.15, 0.2) is 0 Å². The summed E-state index contributed by atoms with van der Waals surface area (Å²) in [6.07, 6.45) is 0. The van der Waals surface area contributed by atoms with Crippen LogP contribution in [0.3, 0.4) is 0 Å². The maximum Gasteiger partial charge on any atom is 0.292 e. The van der Waals surface area contributed by atoms with Gasteiger partial charge in [-0.3, -0.25) is 10.1 Å². The number of anilines is 1. The number of hydrogen-bond donors (Lipinski definition) is 1. The summed E-state index contributed by atoms with van der Waals surface area (Å²) in [5.74, 6) is 0. The van der Waals surface area contributed by atoms with E-state index in [0.717, 1.165) is 4.31 Å². The molecule has 2 N–H and O–H groups in total. The molecule has 2 rings (SSSR count). The molecule has 104 valence electrons. The first kappa shape index (κ1) is 13.7. The average Bonchev–Trinajstić information content (AvgIpc) is 2.38. The molecule has 0 aliphatic carbocycles. The standard InChI is InChI=1S/C10H14N4O4S/c11-19(17,18)13-7-5-12(6-8-13)9-3-1-2-4-10(9)14(15)16/h1-4H,5-8H2,(H2,11,17,18). The van der Waals surface area contributed by atoms with Gasteiger partial charge < -0.3 is 4.90 Å². The predicted molar refractivity (Wildman–Crippen MR) is 70.0 cm³/mol. The molecule has 1 saturated heterocycles. The van der Waals surface area contributed by atoms with Crippen molar-refractivity contribution < 1.29 is 13.3 Å². The van der Waals surface area contributed by atoms with E-state index in [1.807, 2.05) is 0 Å². The SMILES string of the molecule is NS(=O)(=O)N1CCN(c2ccccc2[N+](=O)[O-])CC1. The van der Waals surface area contributed by atoms with Gasteiger partial charge in [0.05, 0.1) is 4.92 Å². The molecule has 0 radical (unpaired) electrons. The maximum atomic E-state index is 11.2. The molecule has 0 bridgehead atoms. The molecule has 8 nitrogen and oxygen atoms in total. The minimum atomic E-state index is -3.69. The summed E-state index contributed by atoms with van der Waals surface area (Å²) in [6.45, 7) is 1.21. The van der Waals surface area contributed by atoms with Gasteiger partial charge in [0.1, 0.15) is 5.69 Å². The van der Waals surface area contributed by atoms with Gasteiger partial charge in [0, 0.05) is 32.2 Å². The third-order valence-corrected chi connectivity index (χ3v) is 4.10. The third-order valence-electron chi connectivity index (χ3n) is 3.02. The van der Waals surface area contributed by atoms with Crippen molar-refractivity contribution in [3.8, 4) is 0 Å². The molecular formula is C10H14N4O4S. The van der Waals surface area contributed by atoms with Crippen LogP contribution in [-0.4, -0.2) is 43.8 Å². The van der Waals surface area contributed by atoms with Gasteiger partial charge in [0.25, 0.3) is 15.9 Å². The Morgan fingerprint density at radius 3 is 2.26 bits per heavy atom. The second-order valence-corrected chi connectivity index (χ2v) is 5.72. The largest absolute Gasteiger partial charge is 0.363 e. The molecule has 1 aliphatic heterocycles. The number of nitro benzene ring substituents is 1. The van der Waals surface area contributed by atoms with Gasteiger partial charge in [0.2, 0.25) is 0 Å². The Morgan fingerprint density at radius 2 is 1.74 bits per heavy atom. The normalized spacial score (nSPS) is 17.4. The number of rotatable bonds is 3. The van der Waals surface area contributed by atoms with Crippen molar-refractivity contribution >= 4 is 21.6 Å². The van der Waals surface area contributed by atoms with Crippen LogP contribution in [0.5, 0.6) is 0 Å². The Hall–Kier alpha value is -1.71. The van der Waals surface area contributed by atoms with Gasteiger partial charge in [-0.05, 0) is 6.07 Å². The Balaban J connectivity index is 2.16. The van der Waals surface area contributed by atoms with E-state index in [1.165, 1.54) is 6.07 Å². The average molecular weight is 286 g/mol. The number of nitro groups is 1. The Morgan fingerprint density at radius 1 is 1.16 bits per heavy atom. The van der Waals surface area contributed by atoms with E-state index in [0.29, 0.717) is 18.8 Å². The first-order valence-electron chi connectivity index (χ1n) is 5.66. The minimum Gasteiger partial charge on any atom is -0.363 e. The van der Waals surface area contributed by atoms with Crippen LogP contribution < -0.4 is 10.0 Å². The number of nitrogens with zero attached hydrogens (tertiary/aromatic N) is 3. The molecule has 0 aromatic heterocycles. The van der Waals surface area contributed by atoms with Crippen LogP contribution in [0.4, 0.5) is 11.4 Å². The van der Waals surface area contributed by atoms with Crippen LogP contribution in [0.2, 0.25) is 0 Å². The highest BCUT2D eigenvalue weighted by Gasteiger charge is 2.27. The summed E-state index contributed by atoms with van der Waals surface area (Å²) in [5, 5.41) is 16.0. The van der Waals surface area contributed by atoms with Crippen molar-refractivity contribution in [2.24, 2.45) is 5.14 Å². The van der Waals surface area contributed by atoms with E-state index in [1.54, 1.807) is 23.1 Å². The minimum absolute atomic E-state index is 0.0200. The van der Waals surface area contributed by atoms with Crippen LogP contribution in [0.25, 0.3) is 0 Å². The molecular weight excluding hydrogens is 272 g/mol. The lowest BCUT2D eigenvalue weighted by Gasteiger charge is -2.34. The molecule has 1 fully saturated rings. The lowest BCUT2D eigenvalue weighted by molar-refractivity contribution is -0.384. The zero-order valence-electron chi connectivity index (χ0n) is 10.1. The van der Waals surface area contributed by atoms with Crippen molar-refractivity contribution in [2.75, 3.05) is 31.1 Å². The van der Waals surface area contributed by atoms with Crippen molar-refractivity contribution in [2.45, 2.75) is 0 Å². The highest BCUT2D eigenvalue weighted by molar-refractivity contribution is 7.86. The van der Waals surface area contributed by atoms with Crippen molar-refractivity contribution in [3.63, 3.8) is 0 Å². The van der Waals surface area contributed by atoms with Gasteiger partial charge in [-0.2, -0.15) is 12.7 Å². The van der Waals surface area contributed by atoms with Gasteiger partial charge in [-0.1, -0.05) is 12.1 Å². The van der Waals surface area contributed by atoms with Gasteiger partial charge >= 0.3 is 0 Å². The van der Waals surface area contributed by atoms with E-state index in [9.17, 15) is 18.5 Å². The second-order valence-electron chi connectivity index (χ2n) is 4.18. The van der Waals surface area contributed by atoms with Gasteiger partial charge in [-0.15, -0.1) is 0 Å². The molecule has 19 heavy (non-hydrogen) atoms. The number of para-hydroxylation sites is 2. The van der Waals surface area contributed by atoms with Crippen LogP contribution in [0, 0.1) is 10.1 Å². The predicted octanol–water partition coefficient (Wildman–Crippen LogP) is -0.0797. The molecule has 0 atom stereocenters. The van der Waals surface area contributed by atoms with Crippen LogP contribution in [-0.2, 0) is 10.2 Å². The lowest BCUT2D eigenvalue weighted by atomic mass is 10.2. The fraction of sp³-hybridized carbons (Fsp3) is 0.400. The van der Waals surface area contributed by atoms with E-state index in [2.05, 4.69) is 0 Å². The van der Waals surface area contributed by atoms with Crippen molar-refractivity contribution in [1.82, 2.24) is 4.31 Å². The smallest absolute Gasteiger partial charge is 0.292 e. The first-order chi connectivity index (χ1) is 8.89. The Labute approximate surface area is 110 Å². The molecule has 1 aliphatic rings. The molecule has 0 saturated carbocycles. The van der Waals surface area contributed by atoms with Crippen LogP contribution in [0.1, 0.15) is 0 Å². The lowest BCUT2D eigenvalue weighted by Crippen LogP contribution is -2.50. The van der Waals surface area contributed by atoms with E-state index >= 15 is 0 Å². The second kappa shape index (κ2) is 5.11. The highest BCUT2D eigenvalue weighted by Crippen LogP contribution is 2.28. The summed E-state index contributed by atoms with van der Waals surface area (Å²) in [7, 11) is -3.69. The third kappa shape index (κ3) is 3.00. The summed E-state index contributed by atoms with van der Waals surface area (Å²) < 4.78 is 23.5. The van der Waals surface area contributed by atoms with E-state index < -0.39 is 15.1 Å². The zero-order valence-corrected chi connectivity index (χ0v) is 10.9. The highest BCUT2D eigenvalue weighted by atomic mass is 32.2. The topological polar surface area (TPSA) is 110 Å². The molecule has 1 aromatic carbocycles. The van der Waals surface area contributed by atoms with E-state index in [4.69, 9.17) is 5.14 Å². The number of piperazine rings is 1. The molecule has 0 unspecified atom stereocenters. The fourth-order valence-corrected chi connectivity index (χ4v) is 2.74. The fourth-order valence-electron chi connectivity index (χ4n) is 2.07. The summed E-state index contributed by atoms with van der Waals surface area (Å²) in [6, 6.07) is 6.41. The number of benzene rings is 1. The van der Waals surface area contributed by atoms with Crippen LogP contribution >= 0.6 is 0 Å².